The van der Waals surface area contributed by atoms with E-state index in [2.05, 4.69) is 61.5 Å². The number of hydrogen-bond acceptors (Lipinski definition) is 1. The molecule has 4 fully saturated rings. The minimum Gasteiger partial charge on any atom is -0.393 e. The van der Waals surface area contributed by atoms with Crippen molar-refractivity contribution in [1.29, 1.82) is 0 Å². The Bertz CT molecular complexity index is 678. The minimum atomic E-state index is -0.0524. The van der Waals surface area contributed by atoms with Crippen LogP contribution in [0, 0.1) is 64.1 Å². The van der Waals surface area contributed by atoms with Crippen molar-refractivity contribution in [2.45, 2.75) is 113 Å². The number of hydrogen-bond donors (Lipinski definition) is 1. The van der Waals surface area contributed by atoms with Crippen LogP contribution in [0.15, 0.2) is 11.6 Å². The number of allylic oxidation sites excluding steroid dienone is 2. The molecular weight excluding hydrogens is 376 g/mol. The summed E-state index contributed by atoms with van der Waals surface area (Å²) in [6, 6.07) is 0. The van der Waals surface area contributed by atoms with E-state index in [9.17, 15) is 5.11 Å². The molecule has 0 amide bonds. The van der Waals surface area contributed by atoms with Crippen LogP contribution in [0.2, 0.25) is 0 Å². The Hall–Kier alpha value is -0.300. The van der Waals surface area contributed by atoms with E-state index in [0.29, 0.717) is 28.6 Å². The molecular formula is C30H52O. The lowest BCUT2D eigenvalue weighted by atomic mass is 9.43. The number of aliphatic hydroxyl groups is 1. The van der Waals surface area contributed by atoms with Gasteiger partial charge < -0.3 is 5.11 Å². The van der Waals surface area contributed by atoms with E-state index in [4.69, 9.17) is 0 Å². The molecule has 4 aliphatic rings. The summed E-state index contributed by atoms with van der Waals surface area (Å²) < 4.78 is 0. The third kappa shape index (κ3) is 3.77. The second kappa shape index (κ2) is 8.48. The Labute approximate surface area is 193 Å². The third-order valence-corrected chi connectivity index (χ3v) is 12.1. The van der Waals surface area contributed by atoms with E-state index in [-0.39, 0.29) is 6.10 Å². The van der Waals surface area contributed by atoms with Gasteiger partial charge in [0.1, 0.15) is 0 Å². The maximum absolute atomic E-state index is 10.6. The highest BCUT2D eigenvalue weighted by Gasteiger charge is 2.61. The predicted octanol–water partition coefficient (Wildman–Crippen LogP) is 8.13. The molecule has 31 heavy (non-hydrogen) atoms. The Balaban J connectivity index is 1.53. The summed E-state index contributed by atoms with van der Waals surface area (Å²) in [6.07, 6.45) is 13.5. The molecule has 4 saturated carbocycles. The molecule has 2 unspecified atom stereocenters. The Morgan fingerprint density at radius 3 is 2.13 bits per heavy atom. The minimum absolute atomic E-state index is 0.0524. The number of aliphatic hydroxyl groups excluding tert-OH is 1. The highest BCUT2D eigenvalue weighted by molar-refractivity contribution is 5.13. The van der Waals surface area contributed by atoms with Gasteiger partial charge in [-0.25, -0.2) is 0 Å². The van der Waals surface area contributed by atoms with Crippen LogP contribution < -0.4 is 0 Å². The van der Waals surface area contributed by atoms with Crippen LogP contribution in [0.3, 0.4) is 0 Å². The lowest BCUT2D eigenvalue weighted by Crippen LogP contribution is -2.56. The Morgan fingerprint density at radius 1 is 0.839 bits per heavy atom. The first-order valence-electron chi connectivity index (χ1n) is 13.9. The quantitative estimate of drug-likeness (QED) is 0.448. The van der Waals surface area contributed by atoms with Crippen molar-refractivity contribution in [1.82, 2.24) is 0 Å². The molecule has 1 nitrogen and oxygen atoms in total. The zero-order valence-corrected chi connectivity index (χ0v) is 22.0. The Kier molecular flexibility index (Phi) is 6.53. The molecule has 0 aromatic heterocycles. The Morgan fingerprint density at radius 2 is 1.45 bits per heavy atom. The second-order valence-electron chi connectivity index (χ2n) is 13.6. The lowest BCUT2D eigenvalue weighted by molar-refractivity contribution is -0.148. The van der Waals surface area contributed by atoms with Gasteiger partial charge in [-0.05, 0) is 122 Å². The van der Waals surface area contributed by atoms with Crippen LogP contribution in [0.4, 0.5) is 0 Å². The number of fused-ring (bicyclic) bond motifs is 5. The lowest BCUT2D eigenvalue weighted by Gasteiger charge is -2.62. The van der Waals surface area contributed by atoms with Gasteiger partial charge in [-0.2, -0.15) is 0 Å². The van der Waals surface area contributed by atoms with Crippen molar-refractivity contribution in [3.8, 4) is 0 Å². The van der Waals surface area contributed by atoms with Gasteiger partial charge in [0.05, 0.1) is 6.10 Å². The maximum Gasteiger partial charge on any atom is 0.0568 e. The van der Waals surface area contributed by atoms with Crippen LogP contribution in [-0.4, -0.2) is 11.2 Å². The van der Waals surface area contributed by atoms with E-state index in [0.717, 1.165) is 41.9 Å². The molecule has 0 heterocycles. The first kappa shape index (κ1) is 23.8. The first-order valence-corrected chi connectivity index (χ1v) is 13.9. The summed E-state index contributed by atoms with van der Waals surface area (Å²) in [4.78, 5) is 0. The average molecular weight is 429 g/mol. The van der Waals surface area contributed by atoms with Crippen molar-refractivity contribution >= 4 is 0 Å². The van der Waals surface area contributed by atoms with Crippen LogP contribution >= 0.6 is 0 Å². The van der Waals surface area contributed by atoms with E-state index in [1.165, 1.54) is 44.9 Å². The summed E-state index contributed by atoms with van der Waals surface area (Å²) in [5.41, 5.74) is 2.64. The molecule has 0 radical (unpaired) electrons. The second-order valence-corrected chi connectivity index (χ2v) is 13.6. The number of rotatable bonds is 4. The molecule has 11 atom stereocenters. The summed E-state index contributed by atoms with van der Waals surface area (Å²) in [7, 11) is 0. The molecule has 1 heteroatoms. The van der Waals surface area contributed by atoms with Crippen molar-refractivity contribution in [3.05, 3.63) is 11.6 Å². The molecule has 0 aliphatic heterocycles. The molecule has 4 aliphatic carbocycles. The molecule has 4 rings (SSSR count). The van der Waals surface area contributed by atoms with Gasteiger partial charge >= 0.3 is 0 Å². The topological polar surface area (TPSA) is 20.2 Å². The summed E-state index contributed by atoms with van der Waals surface area (Å²) in [6.45, 7) is 19.7. The summed E-state index contributed by atoms with van der Waals surface area (Å²) in [5.74, 6) is 7.05. The fraction of sp³-hybridized carbons (Fsp3) is 0.933. The van der Waals surface area contributed by atoms with E-state index < -0.39 is 0 Å². The van der Waals surface area contributed by atoms with E-state index >= 15 is 0 Å². The van der Waals surface area contributed by atoms with Crippen LogP contribution in [0.5, 0.6) is 0 Å². The zero-order chi connectivity index (χ0) is 22.7. The van der Waals surface area contributed by atoms with Gasteiger partial charge in [-0.1, -0.05) is 60.1 Å². The van der Waals surface area contributed by atoms with Crippen LogP contribution in [-0.2, 0) is 0 Å². The van der Waals surface area contributed by atoms with Gasteiger partial charge in [0.15, 0.2) is 0 Å². The normalized spacial score (nSPS) is 49.9. The average Bonchev–Trinajstić information content (AvgIpc) is 3.07. The molecule has 0 aromatic carbocycles. The SMILES string of the molecule is C/C(=C\C(C)[C@H]1CC[C@H]2[C@@H]3CC[C@H]4[C@H](C)[C@@H](O)CC[C@]4(C)[C@H]3CC[C@]12C)C(C)C(C)C. The van der Waals surface area contributed by atoms with Crippen molar-refractivity contribution in [2.75, 3.05) is 0 Å². The van der Waals surface area contributed by atoms with Gasteiger partial charge in [-0.3, -0.25) is 0 Å². The molecule has 1 N–H and O–H groups in total. The fourth-order valence-corrected chi connectivity index (χ4v) is 9.82. The molecule has 0 aromatic rings. The van der Waals surface area contributed by atoms with E-state index in [1.807, 2.05) is 0 Å². The third-order valence-electron chi connectivity index (χ3n) is 12.1. The standard InChI is InChI=1S/C30H52O/c1-18(2)21(5)19(3)17-20(4)24-11-12-26-23-9-10-25-22(6)28(31)14-16-30(25,8)27(23)13-15-29(24,26)7/h17-18,20-28,31H,9-16H2,1-8H3/b19-17+/t20?,21?,22-,23-,24+,25-,26-,27-,28-,29+,30-/m0/s1. The highest BCUT2D eigenvalue weighted by Crippen LogP contribution is 2.68. The van der Waals surface area contributed by atoms with Crippen molar-refractivity contribution in [3.63, 3.8) is 0 Å². The monoisotopic (exact) mass is 428 g/mol. The molecule has 0 spiro atoms. The van der Waals surface area contributed by atoms with Gasteiger partial charge in [0.2, 0.25) is 0 Å². The smallest absolute Gasteiger partial charge is 0.0568 e. The molecule has 0 saturated heterocycles. The van der Waals surface area contributed by atoms with Gasteiger partial charge in [0, 0.05) is 0 Å². The largest absolute Gasteiger partial charge is 0.393 e. The zero-order valence-electron chi connectivity index (χ0n) is 22.0. The van der Waals surface area contributed by atoms with Crippen LogP contribution in [0.25, 0.3) is 0 Å². The van der Waals surface area contributed by atoms with Crippen molar-refractivity contribution < 1.29 is 5.11 Å². The van der Waals surface area contributed by atoms with E-state index in [1.54, 1.807) is 5.57 Å². The highest BCUT2D eigenvalue weighted by atomic mass is 16.3. The summed E-state index contributed by atoms with van der Waals surface area (Å²) in [5, 5.41) is 10.6. The van der Waals surface area contributed by atoms with Gasteiger partial charge in [-0.15, -0.1) is 0 Å². The van der Waals surface area contributed by atoms with Crippen molar-refractivity contribution in [2.24, 2.45) is 64.1 Å². The fourth-order valence-electron chi connectivity index (χ4n) is 9.82. The summed E-state index contributed by atoms with van der Waals surface area (Å²) >= 11 is 0. The maximum atomic E-state index is 10.6. The van der Waals surface area contributed by atoms with Gasteiger partial charge in [0.25, 0.3) is 0 Å². The van der Waals surface area contributed by atoms with Crippen LogP contribution in [0.1, 0.15) is 107 Å². The first-order chi connectivity index (χ1) is 14.5. The predicted molar refractivity (Wildman–Crippen MR) is 133 cm³/mol. The molecule has 0 bridgehead atoms. The molecule has 178 valence electrons.